The van der Waals surface area contributed by atoms with Crippen LogP contribution in [0.25, 0.3) is 0 Å². The normalized spacial score (nSPS) is 12.5. The zero-order valence-electron chi connectivity index (χ0n) is 7.70. The third-order valence-electron chi connectivity index (χ3n) is 1.67. The monoisotopic (exact) mass is 266 g/mol. The second-order valence-corrected chi connectivity index (χ2v) is 4.46. The van der Waals surface area contributed by atoms with Crippen LogP contribution in [0.2, 0.25) is 0 Å². The molecule has 0 radical (unpaired) electrons. The van der Waals surface area contributed by atoms with Crippen LogP contribution in [0, 0.1) is 0 Å². The molecular weight excluding hydrogens is 258 g/mol. The van der Waals surface area contributed by atoms with Crippen molar-refractivity contribution < 1.29 is 9.53 Å². The highest BCUT2D eigenvalue weighted by Gasteiger charge is 2.23. The van der Waals surface area contributed by atoms with E-state index >= 15 is 0 Å². The van der Waals surface area contributed by atoms with Crippen LogP contribution in [0.5, 0.6) is 0 Å². The lowest BCUT2D eigenvalue weighted by Gasteiger charge is -2.09. The summed E-state index contributed by atoms with van der Waals surface area (Å²) < 4.78 is 4.91. The number of rotatable bonds is 4. The maximum atomic E-state index is 11.2. The summed E-state index contributed by atoms with van der Waals surface area (Å²) in [6.07, 6.45) is 0. The number of esters is 1. The largest absolute Gasteiger partial charge is 0.460 e. The Balaban J connectivity index is 2.41. The van der Waals surface area contributed by atoms with Gasteiger partial charge in [0, 0.05) is 0 Å². The van der Waals surface area contributed by atoms with E-state index in [0.29, 0.717) is 0 Å². The van der Waals surface area contributed by atoms with E-state index in [0.717, 1.165) is 5.56 Å². The van der Waals surface area contributed by atoms with Crippen molar-refractivity contribution in [3.05, 3.63) is 35.9 Å². The quantitative estimate of drug-likeness (QED) is 0.619. The molecule has 0 saturated carbocycles. The zero-order valence-corrected chi connectivity index (χ0v) is 9.97. The number of carbonyl (C=O) groups is 1. The Kier molecular flexibility index (Phi) is 5.23. The number of ether oxygens (including phenoxy) is 1. The average molecular weight is 268 g/mol. The smallest absolute Gasteiger partial charge is 0.327 e. The van der Waals surface area contributed by atoms with Crippen molar-refractivity contribution in [2.24, 2.45) is 0 Å². The summed E-state index contributed by atoms with van der Waals surface area (Å²) in [5.41, 5.74) is 0.885. The Hall–Kier alpha value is -0.440. The lowest BCUT2D eigenvalue weighted by atomic mass is 10.2. The summed E-state index contributed by atoms with van der Waals surface area (Å²) in [4.78, 5) is 10.3. The molecule has 0 fully saturated rings. The maximum absolute atomic E-state index is 11.2. The minimum atomic E-state index is -1.03. The topological polar surface area (TPSA) is 26.3 Å². The molecule has 0 bridgehead atoms. The molecule has 0 aliphatic carbocycles. The van der Waals surface area contributed by atoms with Crippen molar-refractivity contribution in [3.63, 3.8) is 0 Å². The molecule has 1 rings (SSSR count). The molecule has 1 unspecified atom stereocenters. The van der Waals surface area contributed by atoms with Crippen LogP contribution >= 0.6 is 34.8 Å². The van der Waals surface area contributed by atoms with E-state index < -0.39 is 16.2 Å². The number of hydrogen-bond acceptors (Lipinski definition) is 2. The number of alkyl halides is 3. The number of benzene rings is 1. The van der Waals surface area contributed by atoms with Crippen LogP contribution in [0.1, 0.15) is 5.56 Å². The minimum Gasteiger partial charge on any atom is -0.460 e. The van der Waals surface area contributed by atoms with E-state index in [4.69, 9.17) is 39.5 Å². The van der Waals surface area contributed by atoms with Crippen molar-refractivity contribution in [1.82, 2.24) is 0 Å². The van der Waals surface area contributed by atoms with E-state index in [-0.39, 0.29) is 6.61 Å². The van der Waals surface area contributed by atoms with Crippen molar-refractivity contribution in [1.29, 1.82) is 0 Å². The summed E-state index contributed by atoms with van der Waals surface area (Å²) >= 11 is 16.5. The van der Waals surface area contributed by atoms with Crippen molar-refractivity contribution >= 4 is 40.8 Å². The summed E-state index contributed by atoms with van der Waals surface area (Å²) in [5, 5.41) is -1.03. The molecule has 1 atom stereocenters. The average Bonchev–Trinajstić information content (AvgIpc) is 2.26. The maximum Gasteiger partial charge on any atom is 0.327 e. The molecule has 0 amide bonds. The summed E-state index contributed by atoms with van der Waals surface area (Å²) in [5.74, 6) is -0.615. The van der Waals surface area contributed by atoms with Crippen molar-refractivity contribution in [2.75, 3.05) is 0 Å². The molecule has 5 heteroatoms. The van der Waals surface area contributed by atoms with Crippen LogP contribution in [0.15, 0.2) is 30.3 Å². The van der Waals surface area contributed by atoms with Gasteiger partial charge >= 0.3 is 5.97 Å². The standard InChI is InChI=1S/C10H9Cl3O2/c11-8(9(12)13)10(14)15-6-7-4-2-1-3-5-7/h1-5,8-9H,6H2. The van der Waals surface area contributed by atoms with Gasteiger partial charge in [-0.05, 0) is 5.56 Å². The lowest BCUT2D eigenvalue weighted by molar-refractivity contribution is -0.144. The van der Waals surface area contributed by atoms with E-state index in [2.05, 4.69) is 0 Å². The number of carbonyl (C=O) groups excluding carboxylic acids is 1. The van der Waals surface area contributed by atoms with Crippen LogP contribution in [0.4, 0.5) is 0 Å². The molecule has 0 N–H and O–H groups in total. The van der Waals surface area contributed by atoms with E-state index in [9.17, 15) is 4.79 Å². The third kappa shape index (κ3) is 4.29. The summed E-state index contributed by atoms with van der Waals surface area (Å²) in [6, 6.07) is 9.27. The van der Waals surface area contributed by atoms with E-state index in [1.165, 1.54) is 0 Å². The molecule has 0 saturated heterocycles. The van der Waals surface area contributed by atoms with Crippen LogP contribution in [-0.4, -0.2) is 16.2 Å². The van der Waals surface area contributed by atoms with Gasteiger partial charge in [0.25, 0.3) is 0 Å². The molecule has 15 heavy (non-hydrogen) atoms. The molecule has 0 spiro atoms. The first-order valence-corrected chi connectivity index (χ1v) is 5.55. The Labute approximate surface area is 103 Å². The second-order valence-electron chi connectivity index (χ2n) is 2.83. The SMILES string of the molecule is O=C(OCc1ccccc1)C(Cl)C(Cl)Cl. The molecule has 0 aliphatic rings. The highest BCUT2D eigenvalue weighted by Crippen LogP contribution is 2.16. The lowest BCUT2D eigenvalue weighted by Crippen LogP contribution is -2.23. The van der Waals surface area contributed by atoms with Gasteiger partial charge in [0.15, 0.2) is 5.38 Å². The van der Waals surface area contributed by atoms with Gasteiger partial charge in [-0.2, -0.15) is 0 Å². The number of halogens is 3. The Morgan fingerprint density at radius 2 is 1.80 bits per heavy atom. The first-order valence-electron chi connectivity index (χ1n) is 4.24. The van der Waals surface area contributed by atoms with Gasteiger partial charge in [-0.25, -0.2) is 0 Å². The van der Waals surface area contributed by atoms with Crippen molar-refractivity contribution in [2.45, 2.75) is 16.8 Å². The Morgan fingerprint density at radius 1 is 1.20 bits per heavy atom. The van der Waals surface area contributed by atoms with E-state index in [1.54, 1.807) is 0 Å². The molecule has 2 nitrogen and oxygen atoms in total. The summed E-state index contributed by atoms with van der Waals surface area (Å²) in [7, 11) is 0. The van der Waals surface area contributed by atoms with Gasteiger partial charge in [-0.3, -0.25) is 4.79 Å². The zero-order chi connectivity index (χ0) is 11.3. The van der Waals surface area contributed by atoms with Gasteiger partial charge in [-0.15, -0.1) is 34.8 Å². The molecule has 1 aromatic carbocycles. The fourth-order valence-corrected chi connectivity index (χ4v) is 1.18. The van der Waals surface area contributed by atoms with Gasteiger partial charge in [0.2, 0.25) is 0 Å². The van der Waals surface area contributed by atoms with Gasteiger partial charge in [-0.1, -0.05) is 30.3 Å². The molecule has 0 aromatic heterocycles. The molecule has 0 heterocycles. The Bertz CT molecular complexity index is 314. The Morgan fingerprint density at radius 3 is 2.33 bits per heavy atom. The highest BCUT2D eigenvalue weighted by atomic mass is 35.5. The number of hydrogen-bond donors (Lipinski definition) is 0. The van der Waals surface area contributed by atoms with Crippen LogP contribution in [0.3, 0.4) is 0 Å². The molecule has 1 aromatic rings. The molecule has 82 valence electrons. The van der Waals surface area contributed by atoms with Gasteiger partial charge in [0.1, 0.15) is 11.4 Å². The molecular formula is C10H9Cl3O2. The van der Waals surface area contributed by atoms with Crippen LogP contribution in [-0.2, 0) is 16.1 Å². The first-order chi connectivity index (χ1) is 7.11. The van der Waals surface area contributed by atoms with E-state index in [1.807, 2.05) is 30.3 Å². The molecule has 0 aliphatic heterocycles. The third-order valence-corrected chi connectivity index (χ3v) is 2.86. The predicted octanol–water partition coefficient (Wildman–Crippen LogP) is 3.14. The van der Waals surface area contributed by atoms with Gasteiger partial charge < -0.3 is 4.74 Å². The summed E-state index contributed by atoms with van der Waals surface area (Å²) in [6.45, 7) is 0.170. The van der Waals surface area contributed by atoms with Gasteiger partial charge in [0.05, 0.1) is 0 Å². The van der Waals surface area contributed by atoms with Crippen LogP contribution < -0.4 is 0 Å². The predicted molar refractivity (Wildman–Crippen MR) is 61.4 cm³/mol. The minimum absolute atomic E-state index is 0.170. The van der Waals surface area contributed by atoms with Crippen molar-refractivity contribution in [3.8, 4) is 0 Å². The fraction of sp³-hybridized carbons (Fsp3) is 0.300. The first kappa shape index (κ1) is 12.6. The fourth-order valence-electron chi connectivity index (χ4n) is 0.911. The second kappa shape index (κ2) is 6.21. The highest BCUT2D eigenvalue weighted by molar-refractivity contribution is 6.51.